The lowest BCUT2D eigenvalue weighted by atomic mass is 10.2. The van der Waals surface area contributed by atoms with Crippen LogP contribution in [0.4, 0.5) is 0 Å². The summed E-state index contributed by atoms with van der Waals surface area (Å²) in [5.41, 5.74) is 5.53. The maximum Gasteiger partial charge on any atom is 0.260 e. The van der Waals surface area contributed by atoms with E-state index in [4.69, 9.17) is 10.5 Å². The number of amides is 2. The second-order valence-corrected chi connectivity index (χ2v) is 4.31. The molecule has 0 bridgehead atoms. The first kappa shape index (κ1) is 14.0. The fourth-order valence-corrected chi connectivity index (χ4v) is 1.36. The summed E-state index contributed by atoms with van der Waals surface area (Å²) in [6.45, 7) is 5.43. The molecule has 1 aromatic carbocycles. The van der Waals surface area contributed by atoms with E-state index in [9.17, 15) is 9.59 Å². The van der Waals surface area contributed by atoms with Crippen LogP contribution in [0.1, 0.15) is 31.1 Å². The third kappa shape index (κ3) is 4.08. The van der Waals surface area contributed by atoms with Crippen LogP contribution >= 0.6 is 0 Å². The van der Waals surface area contributed by atoms with Gasteiger partial charge < -0.3 is 15.8 Å². The third-order valence-electron chi connectivity index (χ3n) is 2.25. The summed E-state index contributed by atoms with van der Waals surface area (Å²) >= 11 is 0. The molecule has 1 aromatic rings. The van der Waals surface area contributed by atoms with Crippen molar-refractivity contribution in [2.75, 3.05) is 0 Å². The fourth-order valence-electron chi connectivity index (χ4n) is 1.36. The van der Waals surface area contributed by atoms with Crippen LogP contribution in [0.2, 0.25) is 0 Å². The van der Waals surface area contributed by atoms with E-state index in [1.54, 1.807) is 31.2 Å². The Morgan fingerprint density at radius 1 is 1.17 bits per heavy atom. The van der Waals surface area contributed by atoms with Gasteiger partial charge in [-0.3, -0.25) is 9.59 Å². The van der Waals surface area contributed by atoms with Crippen LogP contribution < -0.4 is 15.8 Å². The number of rotatable bonds is 5. The molecular weight excluding hydrogens is 232 g/mol. The molecule has 3 N–H and O–H groups in total. The highest BCUT2D eigenvalue weighted by molar-refractivity contribution is 5.92. The molecule has 0 saturated carbocycles. The van der Waals surface area contributed by atoms with Crippen LogP contribution in [0, 0.1) is 0 Å². The number of hydrogen-bond acceptors (Lipinski definition) is 3. The number of benzene rings is 1. The van der Waals surface area contributed by atoms with Gasteiger partial charge in [0.1, 0.15) is 5.75 Å². The van der Waals surface area contributed by atoms with E-state index in [2.05, 4.69) is 5.32 Å². The Morgan fingerprint density at radius 3 is 2.17 bits per heavy atom. The Bertz CT molecular complexity index is 426. The van der Waals surface area contributed by atoms with Gasteiger partial charge in [-0.2, -0.15) is 0 Å². The highest BCUT2D eigenvalue weighted by Gasteiger charge is 2.15. The number of primary amides is 1. The van der Waals surface area contributed by atoms with Crippen molar-refractivity contribution in [1.82, 2.24) is 5.32 Å². The summed E-state index contributed by atoms with van der Waals surface area (Å²) in [6.07, 6.45) is -0.591. The second kappa shape index (κ2) is 6.05. The Balaban J connectivity index is 2.61. The molecule has 2 amide bonds. The van der Waals surface area contributed by atoms with Gasteiger partial charge in [-0.05, 0) is 45.0 Å². The van der Waals surface area contributed by atoms with E-state index < -0.39 is 12.0 Å². The summed E-state index contributed by atoms with van der Waals surface area (Å²) in [5.74, 6) is -0.150. The van der Waals surface area contributed by atoms with E-state index in [1.807, 2.05) is 13.8 Å². The molecule has 1 atom stereocenters. The number of carbonyl (C=O) groups is 2. The van der Waals surface area contributed by atoms with Gasteiger partial charge >= 0.3 is 0 Å². The topological polar surface area (TPSA) is 81.4 Å². The number of carbonyl (C=O) groups excluding carboxylic acids is 2. The van der Waals surface area contributed by atoms with Crippen LogP contribution in [-0.2, 0) is 4.79 Å². The molecule has 0 fully saturated rings. The summed E-state index contributed by atoms with van der Waals surface area (Å²) in [5, 5.41) is 2.75. The van der Waals surface area contributed by atoms with Gasteiger partial charge in [0.05, 0.1) is 0 Å². The summed E-state index contributed by atoms with van der Waals surface area (Å²) in [7, 11) is 0. The van der Waals surface area contributed by atoms with Crippen molar-refractivity contribution >= 4 is 11.8 Å². The molecule has 0 radical (unpaired) electrons. The minimum absolute atomic E-state index is 0.0702. The van der Waals surface area contributed by atoms with Gasteiger partial charge in [0, 0.05) is 11.6 Å². The number of hydrogen-bond donors (Lipinski definition) is 2. The molecule has 0 aliphatic heterocycles. The van der Waals surface area contributed by atoms with Crippen molar-refractivity contribution in [3.8, 4) is 5.75 Å². The molecule has 0 aromatic heterocycles. The van der Waals surface area contributed by atoms with Crippen molar-refractivity contribution < 1.29 is 14.3 Å². The molecule has 18 heavy (non-hydrogen) atoms. The van der Waals surface area contributed by atoms with Crippen LogP contribution in [0.5, 0.6) is 5.75 Å². The molecule has 1 rings (SSSR count). The van der Waals surface area contributed by atoms with Crippen LogP contribution in [0.15, 0.2) is 24.3 Å². The average molecular weight is 250 g/mol. The minimum atomic E-state index is -0.591. The molecular formula is C13H18N2O3. The predicted octanol–water partition coefficient (Wildman–Crippen LogP) is 1.08. The van der Waals surface area contributed by atoms with Crippen LogP contribution in [0.25, 0.3) is 0 Å². The highest BCUT2D eigenvalue weighted by Crippen LogP contribution is 2.13. The van der Waals surface area contributed by atoms with Crippen molar-refractivity contribution in [3.63, 3.8) is 0 Å². The fraction of sp³-hybridized carbons (Fsp3) is 0.385. The Labute approximate surface area is 106 Å². The highest BCUT2D eigenvalue weighted by atomic mass is 16.5. The molecule has 5 nitrogen and oxygen atoms in total. The zero-order chi connectivity index (χ0) is 13.7. The zero-order valence-corrected chi connectivity index (χ0v) is 10.8. The van der Waals surface area contributed by atoms with E-state index in [0.29, 0.717) is 11.3 Å². The summed E-state index contributed by atoms with van der Waals surface area (Å²) < 4.78 is 5.45. The third-order valence-corrected chi connectivity index (χ3v) is 2.25. The van der Waals surface area contributed by atoms with E-state index in [1.165, 1.54) is 0 Å². The lowest BCUT2D eigenvalue weighted by Crippen LogP contribution is -2.40. The number of nitrogens with one attached hydrogen (secondary N) is 1. The van der Waals surface area contributed by atoms with Crippen molar-refractivity contribution in [3.05, 3.63) is 29.8 Å². The van der Waals surface area contributed by atoms with Crippen molar-refractivity contribution in [2.45, 2.75) is 32.9 Å². The van der Waals surface area contributed by atoms with Gasteiger partial charge in [0.2, 0.25) is 5.91 Å². The number of ether oxygens (including phenoxy) is 1. The molecule has 0 aliphatic carbocycles. The Hall–Kier alpha value is -2.04. The first-order valence-corrected chi connectivity index (χ1v) is 5.77. The smallest absolute Gasteiger partial charge is 0.260 e. The van der Waals surface area contributed by atoms with Crippen molar-refractivity contribution in [1.29, 1.82) is 0 Å². The standard InChI is InChI=1S/C13H18N2O3/c1-8(2)15-13(17)9(3)18-11-6-4-10(5-7-11)12(14)16/h4-9H,1-3H3,(H2,14,16)(H,15,17)/t9-/m0/s1. The van der Waals surface area contributed by atoms with E-state index in [-0.39, 0.29) is 11.9 Å². The molecule has 0 heterocycles. The summed E-state index contributed by atoms with van der Waals surface area (Å²) in [6, 6.07) is 6.41. The lowest BCUT2D eigenvalue weighted by Gasteiger charge is -2.16. The first-order chi connectivity index (χ1) is 8.40. The van der Waals surface area contributed by atoms with Crippen LogP contribution in [-0.4, -0.2) is 24.0 Å². The molecule has 0 unspecified atom stereocenters. The minimum Gasteiger partial charge on any atom is -0.481 e. The van der Waals surface area contributed by atoms with Gasteiger partial charge in [-0.1, -0.05) is 0 Å². The largest absolute Gasteiger partial charge is 0.481 e. The molecule has 0 aliphatic rings. The van der Waals surface area contributed by atoms with Gasteiger partial charge in [0.25, 0.3) is 5.91 Å². The predicted molar refractivity (Wildman–Crippen MR) is 68.3 cm³/mol. The quantitative estimate of drug-likeness (QED) is 0.820. The van der Waals surface area contributed by atoms with E-state index >= 15 is 0 Å². The van der Waals surface area contributed by atoms with Gasteiger partial charge in [-0.25, -0.2) is 0 Å². The normalized spacial score (nSPS) is 12.0. The van der Waals surface area contributed by atoms with Crippen molar-refractivity contribution in [2.24, 2.45) is 5.73 Å². The molecule has 0 spiro atoms. The zero-order valence-electron chi connectivity index (χ0n) is 10.8. The average Bonchev–Trinajstić information content (AvgIpc) is 2.28. The second-order valence-electron chi connectivity index (χ2n) is 4.31. The SMILES string of the molecule is CC(C)NC(=O)[C@H](C)Oc1ccc(C(N)=O)cc1. The summed E-state index contributed by atoms with van der Waals surface area (Å²) in [4.78, 5) is 22.5. The first-order valence-electron chi connectivity index (χ1n) is 5.77. The van der Waals surface area contributed by atoms with Crippen LogP contribution in [0.3, 0.4) is 0 Å². The van der Waals surface area contributed by atoms with Gasteiger partial charge in [0.15, 0.2) is 6.10 Å². The Kier molecular flexibility index (Phi) is 4.71. The maximum absolute atomic E-state index is 11.6. The molecule has 98 valence electrons. The lowest BCUT2D eigenvalue weighted by molar-refractivity contribution is -0.127. The molecule has 5 heteroatoms. The Morgan fingerprint density at radius 2 is 1.72 bits per heavy atom. The van der Waals surface area contributed by atoms with E-state index in [0.717, 1.165) is 0 Å². The molecule has 0 saturated heterocycles. The maximum atomic E-state index is 11.6. The monoisotopic (exact) mass is 250 g/mol. The number of nitrogens with two attached hydrogens (primary N) is 1. The van der Waals surface area contributed by atoms with Gasteiger partial charge in [-0.15, -0.1) is 0 Å².